The Hall–Kier alpha value is -2.61. The molecular weight excluding hydrogens is 322 g/mol. The number of benzene rings is 2. The van der Waals surface area contributed by atoms with Gasteiger partial charge < -0.3 is 11.1 Å². The van der Waals surface area contributed by atoms with E-state index < -0.39 is 0 Å². The van der Waals surface area contributed by atoms with Crippen molar-refractivity contribution >= 4 is 5.91 Å². The smallest absolute Gasteiger partial charge is 0.237 e. The van der Waals surface area contributed by atoms with Crippen LogP contribution in [0.4, 0.5) is 0 Å². The topological polar surface area (TPSA) is 58.4 Å². The molecule has 1 aliphatic heterocycles. The largest absolute Gasteiger partial charge is 0.355 e. The van der Waals surface area contributed by atoms with E-state index >= 15 is 0 Å². The van der Waals surface area contributed by atoms with Gasteiger partial charge in [-0.25, -0.2) is 0 Å². The molecule has 3 N–H and O–H groups in total. The van der Waals surface area contributed by atoms with E-state index in [0.717, 1.165) is 23.2 Å². The van der Waals surface area contributed by atoms with Crippen molar-refractivity contribution < 1.29 is 4.79 Å². The van der Waals surface area contributed by atoms with Gasteiger partial charge in [0.05, 0.1) is 6.04 Å². The average Bonchev–Trinajstić information content (AvgIpc) is 3.02. The number of nitrogens with one attached hydrogen (secondary N) is 1. The quantitative estimate of drug-likeness (QED) is 0.833. The summed E-state index contributed by atoms with van der Waals surface area (Å²) in [6.07, 6.45) is 0.698. The van der Waals surface area contributed by atoms with E-state index in [-0.39, 0.29) is 18.0 Å². The van der Waals surface area contributed by atoms with Gasteiger partial charge in [-0.05, 0) is 37.1 Å². The highest BCUT2D eigenvalue weighted by Crippen LogP contribution is 2.21. The molecule has 0 bridgehead atoms. The highest BCUT2D eigenvalue weighted by Gasteiger charge is 2.34. The van der Waals surface area contributed by atoms with Crippen molar-refractivity contribution in [2.75, 3.05) is 13.1 Å². The van der Waals surface area contributed by atoms with Crippen molar-refractivity contribution in [1.29, 1.82) is 0 Å². The van der Waals surface area contributed by atoms with E-state index in [1.165, 1.54) is 0 Å². The van der Waals surface area contributed by atoms with Gasteiger partial charge in [0.15, 0.2) is 0 Å². The van der Waals surface area contributed by atoms with Gasteiger partial charge in [-0.3, -0.25) is 9.69 Å². The number of hydrogen-bond donors (Lipinski definition) is 2. The van der Waals surface area contributed by atoms with E-state index in [2.05, 4.69) is 28.1 Å². The molecule has 0 aromatic heterocycles. The zero-order chi connectivity index (χ0) is 18.4. The number of rotatable bonds is 4. The first-order chi connectivity index (χ1) is 12.7. The van der Waals surface area contributed by atoms with Crippen LogP contribution in [0.2, 0.25) is 0 Å². The van der Waals surface area contributed by atoms with Crippen molar-refractivity contribution in [1.82, 2.24) is 10.2 Å². The summed E-state index contributed by atoms with van der Waals surface area (Å²) in [7, 11) is 0. The van der Waals surface area contributed by atoms with E-state index in [0.29, 0.717) is 19.5 Å². The Morgan fingerprint density at radius 1 is 1.15 bits per heavy atom. The first-order valence-corrected chi connectivity index (χ1v) is 9.09. The lowest BCUT2D eigenvalue weighted by molar-refractivity contribution is -0.125. The number of amides is 1. The van der Waals surface area contributed by atoms with Gasteiger partial charge in [0.25, 0.3) is 0 Å². The van der Waals surface area contributed by atoms with Crippen LogP contribution in [0, 0.1) is 11.8 Å². The molecule has 1 aliphatic rings. The maximum absolute atomic E-state index is 12.4. The third-order valence-corrected chi connectivity index (χ3v) is 4.60. The molecule has 0 unspecified atom stereocenters. The SMILES string of the molecule is CCNC(=O)[C@@H]1C[C@@H](N)CN1Cc1ccccc1C#Cc1ccccc1. The zero-order valence-corrected chi connectivity index (χ0v) is 15.1. The maximum atomic E-state index is 12.4. The van der Waals surface area contributed by atoms with Crippen molar-refractivity contribution in [3.05, 3.63) is 71.3 Å². The van der Waals surface area contributed by atoms with Gasteiger partial charge in [0, 0.05) is 36.8 Å². The minimum atomic E-state index is -0.167. The lowest BCUT2D eigenvalue weighted by atomic mass is 10.1. The summed E-state index contributed by atoms with van der Waals surface area (Å²) >= 11 is 0. The molecule has 0 aliphatic carbocycles. The highest BCUT2D eigenvalue weighted by molar-refractivity contribution is 5.82. The van der Waals surface area contributed by atoms with Crippen LogP contribution in [-0.2, 0) is 11.3 Å². The Morgan fingerprint density at radius 3 is 2.65 bits per heavy atom. The van der Waals surface area contributed by atoms with Gasteiger partial charge in [0.2, 0.25) is 5.91 Å². The molecule has 1 fully saturated rings. The van der Waals surface area contributed by atoms with Gasteiger partial charge in [-0.2, -0.15) is 0 Å². The summed E-state index contributed by atoms with van der Waals surface area (Å²) in [5, 5.41) is 2.92. The number of nitrogens with two attached hydrogens (primary N) is 1. The standard InChI is InChI=1S/C22H25N3O/c1-2-24-22(26)21-14-20(23)16-25(21)15-19-11-7-6-10-18(19)13-12-17-8-4-3-5-9-17/h3-11,20-21H,2,14-16,23H2,1H3,(H,24,26)/t20-,21+/m1/s1. The van der Waals surface area contributed by atoms with E-state index in [1.54, 1.807) is 0 Å². The third kappa shape index (κ3) is 4.51. The van der Waals surface area contributed by atoms with Crippen molar-refractivity contribution in [3.63, 3.8) is 0 Å². The fourth-order valence-electron chi connectivity index (χ4n) is 3.34. The Bertz CT molecular complexity index is 807. The molecule has 26 heavy (non-hydrogen) atoms. The molecule has 134 valence electrons. The summed E-state index contributed by atoms with van der Waals surface area (Å²) in [5.41, 5.74) is 9.23. The molecule has 4 heteroatoms. The van der Waals surface area contributed by atoms with Crippen molar-refractivity contribution in [2.24, 2.45) is 5.73 Å². The summed E-state index contributed by atoms with van der Waals surface area (Å²) in [6, 6.07) is 17.9. The first kappa shape index (κ1) is 18.2. The number of hydrogen-bond acceptors (Lipinski definition) is 3. The fourth-order valence-corrected chi connectivity index (χ4v) is 3.34. The van der Waals surface area contributed by atoms with Gasteiger partial charge in [-0.15, -0.1) is 0 Å². The molecule has 2 atom stereocenters. The van der Waals surface area contributed by atoms with Crippen LogP contribution in [0.1, 0.15) is 30.0 Å². The number of likely N-dealkylation sites (N-methyl/N-ethyl adjacent to an activating group) is 1. The summed E-state index contributed by atoms with van der Waals surface area (Å²) in [6.45, 7) is 3.97. The number of nitrogens with zero attached hydrogens (tertiary/aromatic N) is 1. The number of likely N-dealkylation sites (tertiary alicyclic amines) is 1. The van der Waals surface area contributed by atoms with Crippen LogP contribution in [0.3, 0.4) is 0 Å². The fraction of sp³-hybridized carbons (Fsp3) is 0.318. The number of carbonyl (C=O) groups is 1. The van der Waals surface area contributed by atoms with Crippen LogP contribution in [0.15, 0.2) is 54.6 Å². The Labute approximate surface area is 155 Å². The second kappa shape index (κ2) is 8.66. The minimum absolute atomic E-state index is 0.0326. The van der Waals surface area contributed by atoms with Gasteiger partial charge >= 0.3 is 0 Å². The van der Waals surface area contributed by atoms with E-state index in [9.17, 15) is 4.79 Å². The Kier molecular flexibility index (Phi) is 6.06. The Balaban J connectivity index is 1.80. The molecule has 2 aromatic rings. The third-order valence-electron chi connectivity index (χ3n) is 4.60. The van der Waals surface area contributed by atoms with E-state index in [4.69, 9.17) is 5.73 Å². The molecular formula is C22H25N3O. The normalized spacial score (nSPS) is 19.6. The molecule has 3 rings (SSSR count). The average molecular weight is 347 g/mol. The monoisotopic (exact) mass is 347 g/mol. The zero-order valence-electron chi connectivity index (χ0n) is 15.1. The minimum Gasteiger partial charge on any atom is -0.355 e. The highest BCUT2D eigenvalue weighted by atomic mass is 16.2. The summed E-state index contributed by atoms with van der Waals surface area (Å²) in [5.74, 6) is 6.56. The predicted molar refractivity (Wildman–Crippen MR) is 104 cm³/mol. The molecule has 0 radical (unpaired) electrons. The lowest BCUT2D eigenvalue weighted by Gasteiger charge is -2.23. The van der Waals surface area contributed by atoms with Crippen LogP contribution in [0.25, 0.3) is 0 Å². The van der Waals surface area contributed by atoms with Crippen LogP contribution >= 0.6 is 0 Å². The van der Waals surface area contributed by atoms with Crippen LogP contribution < -0.4 is 11.1 Å². The summed E-state index contributed by atoms with van der Waals surface area (Å²) in [4.78, 5) is 14.5. The predicted octanol–water partition coefficient (Wildman–Crippen LogP) is 2.12. The van der Waals surface area contributed by atoms with Gasteiger partial charge in [0.1, 0.15) is 0 Å². The summed E-state index contributed by atoms with van der Waals surface area (Å²) < 4.78 is 0. The first-order valence-electron chi connectivity index (χ1n) is 9.09. The molecule has 0 spiro atoms. The molecule has 1 heterocycles. The van der Waals surface area contributed by atoms with E-state index in [1.807, 2.05) is 55.5 Å². The second-order valence-electron chi connectivity index (χ2n) is 6.61. The molecule has 4 nitrogen and oxygen atoms in total. The molecule has 1 saturated heterocycles. The maximum Gasteiger partial charge on any atom is 0.237 e. The van der Waals surface area contributed by atoms with Crippen LogP contribution in [0.5, 0.6) is 0 Å². The lowest BCUT2D eigenvalue weighted by Crippen LogP contribution is -2.42. The molecule has 0 saturated carbocycles. The second-order valence-corrected chi connectivity index (χ2v) is 6.61. The molecule has 2 aromatic carbocycles. The molecule has 1 amide bonds. The number of carbonyl (C=O) groups excluding carboxylic acids is 1. The van der Waals surface area contributed by atoms with Gasteiger partial charge in [-0.1, -0.05) is 48.2 Å². The van der Waals surface area contributed by atoms with Crippen molar-refractivity contribution in [2.45, 2.75) is 32.0 Å². The Morgan fingerprint density at radius 2 is 1.88 bits per heavy atom. The van der Waals surface area contributed by atoms with Crippen molar-refractivity contribution in [3.8, 4) is 11.8 Å². The van der Waals surface area contributed by atoms with Crippen LogP contribution in [-0.4, -0.2) is 36.0 Å².